The zero-order valence-corrected chi connectivity index (χ0v) is 17.1. The third-order valence-electron chi connectivity index (χ3n) is 5.02. The van der Waals surface area contributed by atoms with Crippen LogP contribution in [0.4, 0.5) is 5.69 Å². The zero-order chi connectivity index (χ0) is 22.9. The SMILES string of the molecule is Cc1c(N=Cc2cc(C)n(-c3cc(C(=O)O)cc(C(=O)O)c3)c2C)cccc1C(=O)O. The number of carboxylic acid groups (broad SMARTS) is 3. The van der Waals surface area contributed by atoms with Gasteiger partial charge in [-0.1, -0.05) is 6.07 Å². The van der Waals surface area contributed by atoms with Gasteiger partial charge in [0.15, 0.2) is 0 Å². The van der Waals surface area contributed by atoms with Gasteiger partial charge >= 0.3 is 17.9 Å². The van der Waals surface area contributed by atoms with Gasteiger partial charge in [0.25, 0.3) is 0 Å². The van der Waals surface area contributed by atoms with Crippen molar-refractivity contribution in [2.45, 2.75) is 20.8 Å². The van der Waals surface area contributed by atoms with E-state index in [2.05, 4.69) is 4.99 Å². The van der Waals surface area contributed by atoms with Crippen molar-refractivity contribution in [1.82, 2.24) is 4.57 Å². The second kappa shape index (κ2) is 8.27. The molecule has 3 aromatic rings. The summed E-state index contributed by atoms with van der Waals surface area (Å²) in [6, 6.07) is 10.6. The van der Waals surface area contributed by atoms with E-state index in [-0.39, 0.29) is 16.7 Å². The first-order chi connectivity index (χ1) is 14.6. The molecule has 0 spiro atoms. The van der Waals surface area contributed by atoms with E-state index in [9.17, 15) is 29.7 Å². The maximum Gasteiger partial charge on any atom is 0.336 e. The van der Waals surface area contributed by atoms with Gasteiger partial charge in [0.2, 0.25) is 0 Å². The van der Waals surface area contributed by atoms with Crippen LogP contribution in [0.3, 0.4) is 0 Å². The predicted molar refractivity (Wildman–Crippen MR) is 115 cm³/mol. The van der Waals surface area contributed by atoms with E-state index >= 15 is 0 Å². The van der Waals surface area contributed by atoms with E-state index in [1.807, 2.05) is 19.9 Å². The summed E-state index contributed by atoms with van der Waals surface area (Å²) >= 11 is 0. The Kier molecular flexibility index (Phi) is 5.74. The Hall–Kier alpha value is -4.20. The Bertz CT molecular complexity index is 1220. The quantitative estimate of drug-likeness (QED) is 0.511. The third kappa shape index (κ3) is 4.23. The van der Waals surface area contributed by atoms with Crippen LogP contribution >= 0.6 is 0 Å². The summed E-state index contributed by atoms with van der Waals surface area (Å²) in [6.45, 7) is 5.31. The van der Waals surface area contributed by atoms with Gasteiger partial charge in [0.05, 0.1) is 22.4 Å². The van der Waals surface area contributed by atoms with E-state index in [1.54, 1.807) is 29.8 Å². The van der Waals surface area contributed by atoms with Gasteiger partial charge in [-0.05, 0) is 62.7 Å². The van der Waals surface area contributed by atoms with Gasteiger partial charge in [-0.15, -0.1) is 0 Å². The molecular formula is C23H20N2O6. The molecule has 2 aromatic carbocycles. The summed E-state index contributed by atoms with van der Waals surface area (Å²) in [7, 11) is 0. The number of hydrogen-bond donors (Lipinski definition) is 3. The highest BCUT2D eigenvalue weighted by molar-refractivity contribution is 5.95. The molecule has 0 bridgehead atoms. The lowest BCUT2D eigenvalue weighted by Gasteiger charge is -2.12. The minimum atomic E-state index is -1.22. The van der Waals surface area contributed by atoms with E-state index in [4.69, 9.17) is 0 Å². The largest absolute Gasteiger partial charge is 0.478 e. The van der Waals surface area contributed by atoms with Crippen LogP contribution in [0.15, 0.2) is 47.5 Å². The van der Waals surface area contributed by atoms with Crippen molar-refractivity contribution in [1.29, 1.82) is 0 Å². The number of rotatable bonds is 6. The number of aromatic carboxylic acids is 3. The first-order valence-electron chi connectivity index (χ1n) is 9.28. The fourth-order valence-corrected chi connectivity index (χ4v) is 3.44. The van der Waals surface area contributed by atoms with Crippen LogP contribution in [0.5, 0.6) is 0 Å². The maximum atomic E-state index is 11.4. The predicted octanol–water partition coefficient (Wildman–Crippen LogP) is 4.25. The van der Waals surface area contributed by atoms with Crippen molar-refractivity contribution in [2.24, 2.45) is 4.99 Å². The molecule has 1 aromatic heterocycles. The normalized spacial score (nSPS) is 11.1. The zero-order valence-electron chi connectivity index (χ0n) is 17.1. The Morgan fingerprint density at radius 1 is 0.871 bits per heavy atom. The van der Waals surface area contributed by atoms with Crippen molar-refractivity contribution in [3.63, 3.8) is 0 Å². The summed E-state index contributed by atoms with van der Waals surface area (Å²) in [5.41, 5.74) is 3.61. The van der Waals surface area contributed by atoms with Crippen molar-refractivity contribution < 1.29 is 29.7 Å². The molecule has 8 heteroatoms. The van der Waals surface area contributed by atoms with Crippen molar-refractivity contribution >= 4 is 29.8 Å². The van der Waals surface area contributed by atoms with Gasteiger partial charge in [-0.3, -0.25) is 4.99 Å². The maximum absolute atomic E-state index is 11.4. The number of carbonyl (C=O) groups is 3. The third-order valence-corrected chi connectivity index (χ3v) is 5.02. The molecule has 0 aliphatic rings. The molecule has 8 nitrogen and oxygen atoms in total. The number of benzene rings is 2. The molecule has 0 aliphatic carbocycles. The van der Waals surface area contributed by atoms with Gasteiger partial charge in [-0.2, -0.15) is 0 Å². The Morgan fingerprint density at radius 3 is 2.03 bits per heavy atom. The van der Waals surface area contributed by atoms with Crippen molar-refractivity contribution in [3.05, 3.63) is 81.7 Å². The fraction of sp³-hybridized carbons (Fsp3) is 0.130. The number of aryl methyl sites for hydroxylation is 1. The van der Waals surface area contributed by atoms with E-state index in [1.165, 1.54) is 18.2 Å². The molecule has 0 unspecified atom stereocenters. The first kappa shape index (κ1) is 21.5. The smallest absolute Gasteiger partial charge is 0.336 e. The highest BCUT2D eigenvalue weighted by Gasteiger charge is 2.16. The monoisotopic (exact) mass is 420 g/mol. The van der Waals surface area contributed by atoms with Gasteiger partial charge in [-0.25, -0.2) is 14.4 Å². The van der Waals surface area contributed by atoms with E-state index < -0.39 is 17.9 Å². The topological polar surface area (TPSA) is 129 Å². The average molecular weight is 420 g/mol. The Morgan fingerprint density at radius 2 is 1.48 bits per heavy atom. The molecule has 3 rings (SSSR count). The number of aliphatic imine (C=N–C) groups is 1. The fourth-order valence-electron chi connectivity index (χ4n) is 3.44. The number of carboxylic acids is 3. The molecule has 31 heavy (non-hydrogen) atoms. The van der Waals surface area contributed by atoms with Crippen LogP contribution < -0.4 is 0 Å². The highest BCUT2D eigenvalue weighted by atomic mass is 16.4. The summed E-state index contributed by atoms with van der Waals surface area (Å²) in [6.07, 6.45) is 1.60. The van der Waals surface area contributed by atoms with Gasteiger partial charge in [0.1, 0.15) is 0 Å². The lowest BCUT2D eigenvalue weighted by atomic mass is 10.1. The molecule has 3 N–H and O–H groups in total. The van der Waals surface area contributed by atoms with Crippen LogP contribution in [0.25, 0.3) is 5.69 Å². The summed E-state index contributed by atoms with van der Waals surface area (Å²) < 4.78 is 1.75. The number of hydrogen-bond acceptors (Lipinski definition) is 4. The second-order valence-corrected chi connectivity index (χ2v) is 7.05. The minimum absolute atomic E-state index is 0.126. The highest BCUT2D eigenvalue weighted by Crippen LogP contribution is 2.25. The van der Waals surface area contributed by atoms with Crippen molar-refractivity contribution in [2.75, 3.05) is 0 Å². The molecule has 0 atom stereocenters. The molecule has 0 saturated heterocycles. The summed E-state index contributed by atoms with van der Waals surface area (Å²) in [5, 5.41) is 27.9. The minimum Gasteiger partial charge on any atom is -0.478 e. The van der Waals surface area contributed by atoms with Crippen LogP contribution in [0.1, 0.15) is 53.6 Å². The molecule has 0 radical (unpaired) electrons. The average Bonchev–Trinajstić information content (AvgIpc) is 2.99. The standard InChI is InChI=1S/C23H20N2O6/c1-12-7-17(11-24-20-6-4-5-19(13(20)2)23(30)31)14(3)25(12)18-9-15(21(26)27)8-16(10-18)22(28)29/h4-11H,1-3H3,(H,26,27)(H,28,29)(H,30,31). The number of aromatic nitrogens is 1. The molecular weight excluding hydrogens is 400 g/mol. The van der Waals surface area contributed by atoms with E-state index in [0.29, 0.717) is 16.9 Å². The van der Waals surface area contributed by atoms with Crippen LogP contribution in [-0.4, -0.2) is 44.0 Å². The van der Waals surface area contributed by atoms with Crippen LogP contribution in [-0.2, 0) is 0 Å². The van der Waals surface area contributed by atoms with Gasteiger partial charge in [0, 0.05) is 28.9 Å². The van der Waals surface area contributed by atoms with E-state index in [0.717, 1.165) is 23.0 Å². The number of nitrogens with zero attached hydrogens (tertiary/aromatic N) is 2. The lowest BCUT2D eigenvalue weighted by Crippen LogP contribution is -2.07. The van der Waals surface area contributed by atoms with Gasteiger partial charge < -0.3 is 19.9 Å². The Balaban J connectivity index is 2.08. The molecule has 0 fully saturated rings. The lowest BCUT2D eigenvalue weighted by molar-refractivity contribution is 0.0681. The van der Waals surface area contributed by atoms with Crippen LogP contribution in [0, 0.1) is 20.8 Å². The van der Waals surface area contributed by atoms with Crippen LogP contribution in [0.2, 0.25) is 0 Å². The first-order valence-corrected chi connectivity index (χ1v) is 9.28. The molecule has 0 saturated carbocycles. The summed E-state index contributed by atoms with van der Waals surface area (Å²) in [5.74, 6) is -3.47. The Labute approximate surface area is 177 Å². The van der Waals surface area contributed by atoms with Crippen molar-refractivity contribution in [3.8, 4) is 5.69 Å². The molecule has 1 heterocycles. The second-order valence-electron chi connectivity index (χ2n) is 7.05. The molecule has 0 amide bonds. The molecule has 0 aliphatic heterocycles. The summed E-state index contributed by atoms with van der Waals surface area (Å²) in [4.78, 5) is 38.6. The molecule has 158 valence electrons.